The zero-order valence-corrected chi connectivity index (χ0v) is 8.65. The van der Waals surface area contributed by atoms with Crippen molar-refractivity contribution >= 4 is 25.3 Å². The van der Waals surface area contributed by atoms with E-state index in [4.69, 9.17) is 5.11 Å². The molecule has 0 aromatic rings. The molecule has 0 heterocycles. The molecule has 2 nitrogen and oxygen atoms in total. The molecular weight excluding hydrogens is 180 g/mol. The van der Waals surface area contributed by atoms with Crippen molar-refractivity contribution < 1.29 is 10.2 Å². The second kappa shape index (κ2) is 4.60. The topological polar surface area (TPSA) is 40.5 Å². The van der Waals surface area contributed by atoms with Gasteiger partial charge in [0.15, 0.2) is 0 Å². The van der Waals surface area contributed by atoms with Gasteiger partial charge in [0.1, 0.15) is 0 Å². The molecular formula is C7H16O2S2. The van der Waals surface area contributed by atoms with Gasteiger partial charge in [0.05, 0.1) is 12.7 Å². The predicted molar refractivity (Wildman–Crippen MR) is 53.5 cm³/mol. The van der Waals surface area contributed by atoms with Crippen molar-refractivity contribution in [2.24, 2.45) is 5.41 Å². The lowest BCUT2D eigenvalue weighted by Gasteiger charge is -2.31. The fourth-order valence-corrected chi connectivity index (χ4v) is 1.32. The highest BCUT2D eigenvalue weighted by Gasteiger charge is 2.31. The lowest BCUT2D eigenvalue weighted by molar-refractivity contribution is 0.0105. The highest BCUT2D eigenvalue weighted by atomic mass is 32.1. The van der Waals surface area contributed by atoms with Gasteiger partial charge in [-0.3, -0.25) is 0 Å². The minimum atomic E-state index is -0.617. The summed E-state index contributed by atoms with van der Waals surface area (Å²) in [5, 5.41) is 18.3. The molecule has 0 aliphatic heterocycles. The van der Waals surface area contributed by atoms with Crippen LogP contribution in [0.25, 0.3) is 0 Å². The van der Waals surface area contributed by atoms with Gasteiger partial charge in [-0.15, -0.1) is 0 Å². The van der Waals surface area contributed by atoms with Gasteiger partial charge >= 0.3 is 0 Å². The molecule has 0 aromatic carbocycles. The predicted octanol–water partition coefficient (Wildman–Crippen LogP) is 0.594. The quantitative estimate of drug-likeness (QED) is 0.497. The van der Waals surface area contributed by atoms with Crippen molar-refractivity contribution in [2.45, 2.75) is 25.2 Å². The smallest absolute Gasteiger partial charge is 0.0736 e. The Balaban J connectivity index is 4.10. The molecule has 68 valence electrons. The first-order valence-corrected chi connectivity index (χ1v) is 4.68. The Morgan fingerprint density at radius 1 is 1.45 bits per heavy atom. The first-order valence-electron chi connectivity index (χ1n) is 3.53. The van der Waals surface area contributed by atoms with E-state index in [1.807, 2.05) is 0 Å². The van der Waals surface area contributed by atoms with E-state index >= 15 is 0 Å². The van der Waals surface area contributed by atoms with Gasteiger partial charge in [-0.25, -0.2) is 0 Å². The third-order valence-electron chi connectivity index (χ3n) is 1.76. The molecule has 0 rings (SSSR count). The van der Waals surface area contributed by atoms with E-state index < -0.39 is 11.5 Å². The van der Waals surface area contributed by atoms with Crippen molar-refractivity contribution in [1.82, 2.24) is 0 Å². The van der Waals surface area contributed by atoms with Gasteiger partial charge in [-0.2, -0.15) is 25.3 Å². The average molecular weight is 196 g/mol. The van der Waals surface area contributed by atoms with Crippen molar-refractivity contribution in [1.29, 1.82) is 0 Å². The van der Waals surface area contributed by atoms with Gasteiger partial charge in [-0.1, -0.05) is 13.8 Å². The first kappa shape index (κ1) is 11.6. The maximum atomic E-state index is 9.56. The fraction of sp³-hybridized carbons (Fsp3) is 1.00. The Hall–Kier alpha value is 0.620. The van der Waals surface area contributed by atoms with E-state index in [-0.39, 0.29) is 11.9 Å². The minimum Gasteiger partial charge on any atom is -0.396 e. The van der Waals surface area contributed by atoms with Crippen molar-refractivity contribution in [3.8, 4) is 0 Å². The number of aliphatic hydroxyl groups is 2. The van der Waals surface area contributed by atoms with Crippen LogP contribution >= 0.6 is 25.3 Å². The standard InChI is InChI=1S/C7H16O2S2/c1-7(2,4-8)6(9)5(11)3-10/h5-6,8-11H,3-4H2,1-2H3. The van der Waals surface area contributed by atoms with Crippen LogP contribution < -0.4 is 0 Å². The largest absolute Gasteiger partial charge is 0.396 e. The maximum absolute atomic E-state index is 9.56. The molecule has 0 spiro atoms. The van der Waals surface area contributed by atoms with Crippen molar-refractivity contribution in [3.05, 3.63) is 0 Å². The summed E-state index contributed by atoms with van der Waals surface area (Å²) in [5.74, 6) is 0.508. The van der Waals surface area contributed by atoms with Gasteiger partial charge in [-0.05, 0) is 0 Å². The molecule has 2 N–H and O–H groups in total. The third kappa shape index (κ3) is 3.23. The van der Waals surface area contributed by atoms with Gasteiger partial charge in [0, 0.05) is 16.4 Å². The van der Waals surface area contributed by atoms with Crippen molar-refractivity contribution in [3.63, 3.8) is 0 Å². The molecule has 0 saturated carbocycles. The Morgan fingerprint density at radius 2 is 1.91 bits per heavy atom. The molecule has 0 bridgehead atoms. The van der Waals surface area contributed by atoms with Crippen molar-refractivity contribution in [2.75, 3.05) is 12.4 Å². The van der Waals surface area contributed by atoms with Crippen LogP contribution in [0.5, 0.6) is 0 Å². The van der Waals surface area contributed by atoms with E-state index in [9.17, 15) is 5.11 Å². The van der Waals surface area contributed by atoms with Crippen LogP contribution in [0.2, 0.25) is 0 Å². The lowest BCUT2D eigenvalue weighted by atomic mass is 9.86. The number of thiol groups is 2. The van der Waals surface area contributed by atoms with Crippen LogP contribution in [-0.2, 0) is 0 Å². The van der Waals surface area contributed by atoms with Gasteiger partial charge < -0.3 is 10.2 Å². The summed E-state index contributed by atoms with van der Waals surface area (Å²) in [6.07, 6.45) is -0.617. The van der Waals surface area contributed by atoms with Crippen LogP contribution in [0.3, 0.4) is 0 Å². The molecule has 0 fully saturated rings. The summed E-state index contributed by atoms with van der Waals surface area (Å²) in [7, 11) is 0. The summed E-state index contributed by atoms with van der Waals surface area (Å²) < 4.78 is 0. The highest BCUT2D eigenvalue weighted by molar-refractivity contribution is 7.84. The van der Waals surface area contributed by atoms with Crippen LogP contribution in [0.4, 0.5) is 0 Å². The summed E-state index contributed by atoms with van der Waals surface area (Å²) in [6, 6.07) is 0. The Morgan fingerprint density at radius 3 is 2.18 bits per heavy atom. The molecule has 0 aliphatic rings. The monoisotopic (exact) mass is 196 g/mol. The SMILES string of the molecule is CC(C)(CO)C(O)C(S)CS. The van der Waals surface area contributed by atoms with Crippen LogP contribution in [0.15, 0.2) is 0 Å². The fourth-order valence-electron chi connectivity index (χ4n) is 0.714. The second-order valence-electron chi connectivity index (χ2n) is 3.34. The van der Waals surface area contributed by atoms with Crippen LogP contribution in [0, 0.1) is 5.41 Å². The second-order valence-corrected chi connectivity index (χ2v) is 4.37. The third-order valence-corrected chi connectivity index (χ3v) is 2.91. The summed E-state index contributed by atoms with van der Waals surface area (Å²) in [6.45, 7) is 3.55. The normalized spacial score (nSPS) is 18.0. The number of hydrogen-bond acceptors (Lipinski definition) is 4. The molecule has 4 heteroatoms. The molecule has 11 heavy (non-hydrogen) atoms. The highest BCUT2D eigenvalue weighted by Crippen LogP contribution is 2.24. The summed E-state index contributed by atoms with van der Waals surface area (Å²) >= 11 is 8.14. The first-order chi connectivity index (χ1) is 4.95. The Kier molecular flexibility index (Phi) is 4.86. The van der Waals surface area contributed by atoms with Gasteiger partial charge in [0.25, 0.3) is 0 Å². The number of aliphatic hydroxyl groups excluding tert-OH is 2. The molecule has 0 amide bonds. The average Bonchev–Trinajstić information content (AvgIpc) is 2.01. The number of rotatable bonds is 4. The van der Waals surface area contributed by atoms with Crippen LogP contribution in [0.1, 0.15) is 13.8 Å². The Bertz CT molecular complexity index is 117. The van der Waals surface area contributed by atoms with E-state index in [0.29, 0.717) is 5.75 Å². The van der Waals surface area contributed by atoms with E-state index in [0.717, 1.165) is 0 Å². The van der Waals surface area contributed by atoms with E-state index in [2.05, 4.69) is 25.3 Å². The summed E-state index contributed by atoms with van der Waals surface area (Å²) in [4.78, 5) is 0. The Labute approximate surface area is 78.8 Å². The molecule has 0 saturated heterocycles. The van der Waals surface area contributed by atoms with Crippen LogP contribution in [-0.4, -0.2) is 33.9 Å². The zero-order valence-electron chi connectivity index (χ0n) is 6.86. The minimum absolute atomic E-state index is 0.0427. The van der Waals surface area contributed by atoms with E-state index in [1.54, 1.807) is 13.8 Å². The maximum Gasteiger partial charge on any atom is 0.0736 e. The van der Waals surface area contributed by atoms with Gasteiger partial charge in [0.2, 0.25) is 0 Å². The molecule has 2 atom stereocenters. The molecule has 0 radical (unpaired) electrons. The molecule has 0 aliphatic carbocycles. The lowest BCUT2D eigenvalue weighted by Crippen LogP contribution is -2.40. The molecule has 0 aromatic heterocycles. The van der Waals surface area contributed by atoms with E-state index in [1.165, 1.54) is 0 Å². The summed E-state index contributed by atoms with van der Waals surface area (Å²) in [5.41, 5.74) is -0.491. The molecule has 2 unspecified atom stereocenters. The number of hydrogen-bond donors (Lipinski definition) is 4. The zero-order chi connectivity index (χ0) is 9.07.